The van der Waals surface area contributed by atoms with Crippen molar-refractivity contribution in [2.24, 2.45) is 0 Å². The van der Waals surface area contributed by atoms with Gasteiger partial charge < -0.3 is 15.0 Å². The van der Waals surface area contributed by atoms with Crippen molar-refractivity contribution in [2.45, 2.75) is 49.8 Å². The Hall–Kier alpha value is -1.71. The number of ether oxygens (including phenoxy) is 1. The third-order valence-corrected chi connectivity index (χ3v) is 7.64. The molecule has 4 rings (SSSR count). The summed E-state index contributed by atoms with van der Waals surface area (Å²) in [5.41, 5.74) is 0.0602. The van der Waals surface area contributed by atoms with E-state index in [9.17, 15) is 13.2 Å². The molecule has 142 valence electrons. The number of sulfonamides is 1. The fraction of sp³-hybridized carbons (Fsp3) is 0.647. The minimum atomic E-state index is -3.47. The normalized spacial score (nSPS) is 32.7. The van der Waals surface area contributed by atoms with E-state index < -0.39 is 20.9 Å². The van der Waals surface area contributed by atoms with Gasteiger partial charge in [-0.2, -0.15) is 4.31 Å². The summed E-state index contributed by atoms with van der Waals surface area (Å²) in [6.45, 7) is 5.14. The number of urea groups is 1. The van der Waals surface area contributed by atoms with Crippen LogP contribution in [0.3, 0.4) is 0 Å². The van der Waals surface area contributed by atoms with Crippen molar-refractivity contribution in [3.05, 3.63) is 30.1 Å². The van der Waals surface area contributed by atoms with Crippen LogP contribution in [0.15, 0.2) is 24.5 Å². The van der Waals surface area contributed by atoms with Crippen LogP contribution < -0.4 is 5.32 Å². The highest BCUT2D eigenvalue weighted by Gasteiger charge is 2.65. The van der Waals surface area contributed by atoms with Crippen molar-refractivity contribution in [3.8, 4) is 0 Å². The van der Waals surface area contributed by atoms with E-state index in [1.54, 1.807) is 17.3 Å². The zero-order valence-electron chi connectivity index (χ0n) is 15.0. The molecule has 1 spiro atoms. The van der Waals surface area contributed by atoms with Crippen LogP contribution in [0.2, 0.25) is 0 Å². The second kappa shape index (κ2) is 6.17. The first-order valence-corrected chi connectivity index (χ1v) is 10.4. The van der Waals surface area contributed by atoms with Gasteiger partial charge in [-0.15, -0.1) is 0 Å². The summed E-state index contributed by atoms with van der Waals surface area (Å²) in [5, 5.41) is 2.31. The number of rotatable bonds is 3. The standard InChI is InChI=1S/C17H24N4O4S/c1-12(2)19-16(22)20-9-14-7-15-17(10-20,25-14)11-21(26(15,23)24)8-13-3-5-18-6-4-13/h3-6,12,14-15H,7-11H2,1-2H3,(H,19,22)/t14-,15+,17+/m0/s1. The van der Waals surface area contributed by atoms with E-state index in [1.165, 1.54) is 4.31 Å². The minimum absolute atomic E-state index is 0.0341. The first-order chi connectivity index (χ1) is 12.3. The molecule has 1 aromatic heterocycles. The second-order valence-electron chi connectivity index (χ2n) is 7.68. The van der Waals surface area contributed by atoms with Crippen LogP contribution >= 0.6 is 0 Å². The maximum Gasteiger partial charge on any atom is 0.317 e. The van der Waals surface area contributed by atoms with E-state index in [-0.39, 0.29) is 24.7 Å². The Bertz CT molecular complexity index is 800. The maximum absolute atomic E-state index is 13.1. The zero-order chi connectivity index (χ0) is 18.5. The van der Waals surface area contributed by atoms with Gasteiger partial charge in [0.05, 0.1) is 12.6 Å². The number of carbonyl (C=O) groups is 1. The predicted octanol–water partition coefficient (Wildman–Crippen LogP) is 0.557. The number of nitrogens with one attached hydrogen (secondary N) is 1. The van der Waals surface area contributed by atoms with Gasteiger partial charge in [0, 0.05) is 38.1 Å². The van der Waals surface area contributed by atoms with Crippen LogP contribution in [0.1, 0.15) is 25.8 Å². The van der Waals surface area contributed by atoms with Gasteiger partial charge in [0.1, 0.15) is 10.9 Å². The number of nitrogens with zero attached hydrogens (tertiary/aromatic N) is 3. The number of hydrogen-bond donors (Lipinski definition) is 1. The summed E-state index contributed by atoms with van der Waals surface area (Å²) >= 11 is 0. The molecule has 9 heteroatoms. The molecule has 3 fully saturated rings. The molecule has 3 atom stereocenters. The number of pyridine rings is 1. The molecule has 0 unspecified atom stereocenters. The molecule has 1 N–H and O–H groups in total. The molecule has 3 saturated heterocycles. The van der Waals surface area contributed by atoms with Crippen molar-refractivity contribution in [3.63, 3.8) is 0 Å². The molecule has 8 nitrogen and oxygen atoms in total. The first-order valence-electron chi connectivity index (χ1n) is 8.91. The Morgan fingerprint density at radius 3 is 2.81 bits per heavy atom. The van der Waals surface area contributed by atoms with E-state index in [0.717, 1.165) is 5.56 Å². The molecule has 26 heavy (non-hydrogen) atoms. The smallest absolute Gasteiger partial charge is 0.317 e. The summed E-state index contributed by atoms with van der Waals surface area (Å²) in [6, 6.07) is 3.51. The maximum atomic E-state index is 13.1. The van der Waals surface area contributed by atoms with E-state index in [2.05, 4.69) is 10.3 Å². The third kappa shape index (κ3) is 2.87. The van der Waals surface area contributed by atoms with Crippen molar-refractivity contribution in [1.82, 2.24) is 19.5 Å². The topological polar surface area (TPSA) is 91.8 Å². The zero-order valence-corrected chi connectivity index (χ0v) is 15.8. The van der Waals surface area contributed by atoms with Crippen molar-refractivity contribution < 1.29 is 17.9 Å². The summed E-state index contributed by atoms with van der Waals surface area (Å²) < 4.78 is 33.8. The molecular weight excluding hydrogens is 356 g/mol. The van der Waals surface area contributed by atoms with E-state index in [0.29, 0.717) is 26.1 Å². The largest absolute Gasteiger partial charge is 0.365 e. The lowest BCUT2D eigenvalue weighted by Gasteiger charge is -2.39. The highest BCUT2D eigenvalue weighted by molar-refractivity contribution is 7.90. The summed E-state index contributed by atoms with van der Waals surface area (Å²) in [6.07, 6.45) is 3.54. The molecule has 0 saturated carbocycles. The molecule has 2 bridgehead atoms. The second-order valence-corrected chi connectivity index (χ2v) is 9.80. The SMILES string of the molecule is CC(C)NC(=O)N1C[C@@H]2C[C@@H]3[C@@](C1)(CN(Cc1ccncc1)S3(=O)=O)O2. The summed E-state index contributed by atoms with van der Waals surface area (Å²) in [5.74, 6) is 0. The number of fused-ring (bicyclic) bond motifs is 1. The summed E-state index contributed by atoms with van der Waals surface area (Å²) in [7, 11) is -3.47. The average Bonchev–Trinajstić information content (AvgIpc) is 2.94. The Morgan fingerprint density at radius 2 is 2.12 bits per heavy atom. The molecular formula is C17H24N4O4S. The molecule has 0 aliphatic carbocycles. The Labute approximate surface area is 153 Å². The lowest BCUT2D eigenvalue weighted by atomic mass is 9.99. The Morgan fingerprint density at radius 1 is 1.38 bits per heavy atom. The number of aromatic nitrogens is 1. The van der Waals surface area contributed by atoms with Gasteiger partial charge in [-0.3, -0.25) is 4.98 Å². The Kier molecular flexibility index (Phi) is 4.20. The molecule has 3 aliphatic rings. The van der Waals surface area contributed by atoms with Gasteiger partial charge in [-0.1, -0.05) is 0 Å². The van der Waals surface area contributed by atoms with Gasteiger partial charge >= 0.3 is 6.03 Å². The van der Waals surface area contributed by atoms with E-state index in [1.807, 2.05) is 26.0 Å². The molecule has 0 radical (unpaired) electrons. The lowest BCUT2D eigenvalue weighted by Crippen LogP contribution is -2.58. The Balaban J connectivity index is 1.57. The molecule has 2 amide bonds. The van der Waals surface area contributed by atoms with Gasteiger partial charge in [-0.25, -0.2) is 13.2 Å². The number of hydrogen-bond acceptors (Lipinski definition) is 5. The van der Waals surface area contributed by atoms with E-state index >= 15 is 0 Å². The fourth-order valence-electron chi connectivity index (χ4n) is 4.27. The predicted molar refractivity (Wildman–Crippen MR) is 94.8 cm³/mol. The van der Waals surface area contributed by atoms with Gasteiger partial charge in [0.2, 0.25) is 10.0 Å². The third-order valence-electron chi connectivity index (χ3n) is 5.32. The fourth-order valence-corrected chi connectivity index (χ4v) is 6.57. The van der Waals surface area contributed by atoms with Crippen molar-refractivity contribution in [1.29, 1.82) is 0 Å². The summed E-state index contributed by atoms with van der Waals surface area (Å²) in [4.78, 5) is 18.1. The number of morpholine rings is 1. The average molecular weight is 380 g/mol. The number of likely N-dealkylation sites (tertiary alicyclic amines) is 1. The van der Waals surface area contributed by atoms with Gasteiger partial charge in [0.25, 0.3) is 0 Å². The monoisotopic (exact) mass is 380 g/mol. The first kappa shape index (κ1) is 17.7. The molecule has 3 aliphatic heterocycles. The van der Waals surface area contributed by atoms with Crippen molar-refractivity contribution in [2.75, 3.05) is 19.6 Å². The number of carbonyl (C=O) groups excluding carboxylic acids is 1. The van der Waals surface area contributed by atoms with Gasteiger partial charge in [0.15, 0.2) is 0 Å². The highest BCUT2D eigenvalue weighted by atomic mass is 32.2. The minimum Gasteiger partial charge on any atom is -0.365 e. The van der Waals surface area contributed by atoms with Crippen molar-refractivity contribution >= 4 is 16.1 Å². The molecule has 4 heterocycles. The highest BCUT2D eigenvalue weighted by Crippen LogP contribution is 2.46. The van der Waals surface area contributed by atoms with Crippen LogP contribution in [-0.4, -0.2) is 71.3 Å². The molecule has 0 aromatic carbocycles. The quantitative estimate of drug-likeness (QED) is 0.827. The van der Waals surface area contributed by atoms with Crippen LogP contribution in [0.25, 0.3) is 0 Å². The van der Waals surface area contributed by atoms with Crippen LogP contribution in [-0.2, 0) is 21.3 Å². The van der Waals surface area contributed by atoms with Crippen LogP contribution in [0.5, 0.6) is 0 Å². The van der Waals surface area contributed by atoms with E-state index in [4.69, 9.17) is 4.74 Å². The van der Waals surface area contributed by atoms with Crippen LogP contribution in [0, 0.1) is 0 Å². The lowest BCUT2D eigenvalue weighted by molar-refractivity contribution is -0.0959. The van der Waals surface area contributed by atoms with Crippen LogP contribution in [0.4, 0.5) is 4.79 Å². The number of amides is 2. The van der Waals surface area contributed by atoms with Gasteiger partial charge in [-0.05, 0) is 38.0 Å². The molecule has 1 aromatic rings.